The third kappa shape index (κ3) is 4.83. The van der Waals surface area contributed by atoms with Crippen LogP contribution in [0.3, 0.4) is 0 Å². The van der Waals surface area contributed by atoms with E-state index in [0.717, 1.165) is 28.9 Å². The molecule has 2 N–H and O–H groups in total. The van der Waals surface area contributed by atoms with Gasteiger partial charge in [0.15, 0.2) is 0 Å². The number of methoxy groups -OCH3 is 1. The number of carbonyl (C=O) groups excluding carboxylic acids is 1. The van der Waals surface area contributed by atoms with Gasteiger partial charge in [0.25, 0.3) is 0 Å². The molecular weight excluding hydrogens is 402 g/mol. The summed E-state index contributed by atoms with van der Waals surface area (Å²) >= 11 is 1.53. The minimum atomic E-state index is -0.927. The van der Waals surface area contributed by atoms with E-state index in [0.29, 0.717) is 24.2 Å². The van der Waals surface area contributed by atoms with Crippen LogP contribution in [0.25, 0.3) is 0 Å². The number of rotatable bonds is 6. The molecule has 1 saturated carbocycles. The van der Waals surface area contributed by atoms with Gasteiger partial charge in [0.2, 0.25) is 5.43 Å². The normalized spacial score (nSPS) is 25.6. The van der Waals surface area contributed by atoms with Crippen LogP contribution in [0, 0.1) is 17.8 Å². The number of fused-ring (bicyclic) bond motifs is 2. The van der Waals surface area contributed by atoms with Crippen LogP contribution in [0.1, 0.15) is 55.9 Å². The van der Waals surface area contributed by atoms with Crippen molar-refractivity contribution in [1.82, 2.24) is 0 Å². The zero-order valence-corrected chi connectivity index (χ0v) is 18.5. The van der Waals surface area contributed by atoms with Crippen molar-refractivity contribution in [2.75, 3.05) is 12.4 Å². The molecule has 3 rings (SSSR count). The second-order valence-corrected chi connectivity index (χ2v) is 9.31. The lowest BCUT2D eigenvalue weighted by atomic mass is 9.70. The number of nitrogens with one attached hydrogen (secondary N) is 1. The molecule has 4 unspecified atom stereocenters. The van der Waals surface area contributed by atoms with Crippen LogP contribution in [-0.2, 0) is 16.0 Å². The average Bonchev–Trinajstić information content (AvgIpc) is 3.06. The molecule has 0 saturated heterocycles. The first kappa shape index (κ1) is 22.3. The van der Waals surface area contributed by atoms with Gasteiger partial charge in [0, 0.05) is 27.8 Å². The second-order valence-electron chi connectivity index (χ2n) is 8.35. The van der Waals surface area contributed by atoms with E-state index < -0.39 is 12.1 Å². The third-order valence-electron chi connectivity index (χ3n) is 6.34. The number of carboxylic acid groups (broad SMARTS) is 1. The zero-order valence-electron chi connectivity index (χ0n) is 17.6. The fourth-order valence-electron chi connectivity index (χ4n) is 4.97. The van der Waals surface area contributed by atoms with Crippen molar-refractivity contribution in [3.63, 3.8) is 0 Å². The number of carbonyl (C=O) groups is 2. The molecule has 6 nitrogen and oxygen atoms in total. The van der Waals surface area contributed by atoms with E-state index in [1.165, 1.54) is 37.4 Å². The number of amides is 1. The Hall–Kier alpha value is -2.41. The molecule has 30 heavy (non-hydrogen) atoms. The highest BCUT2D eigenvalue weighted by Gasteiger charge is 2.43. The van der Waals surface area contributed by atoms with Crippen molar-refractivity contribution in [3.8, 4) is 0 Å². The molecule has 0 bridgehead atoms. The largest absolute Gasteiger partial charge is 0.478 e. The van der Waals surface area contributed by atoms with Gasteiger partial charge < -0.3 is 9.84 Å². The van der Waals surface area contributed by atoms with Gasteiger partial charge in [-0.25, -0.2) is 9.59 Å². The molecule has 1 fully saturated rings. The Labute approximate surface area is 180 Å². The first-order valence-electron chi connectivity index (χ1n) is 10.4. The number of hydrogen-bond acceptors (Lipinski definition) is 5. The van der Waals surface area contributed by atoms with Gasteiger partial charge in [0.1, 0.15) is 5.69 Å². The van der Waals surface area contributed by atoms with E-state index in [4.69, 9.17) is 5.11 Å². The highest BCUT2D eigenvalue weighted by molar-refractivity contribution is 7.10. The molecule has 162 valence electrons. The van der Waals surface area contributed by atoms with E-state index in [9.17, 15) is 14.4 Å². The summed E-state index contributed by atoms with van der Waals surface area (Å²) in [4.78, 5) is 36.8. The Morgan fingerprint density at radius 1 is 1.37 bits per heavy atom. The molecule has 0 radical (unpaired) electrons. The molecule has 1 heterocycles. The molecule has 4 atom stereocenters. The summed E-state index contributed by atoms with van der Waals surface area (Å²) in [6.45, 7) is 4.08. The van der Waals surface area contributed by atoms with Crippen molar-refractivity contribution in [3.05, 3.63) is 49.8 Å². The van der Waals surface area contributed by atoms with Gasteiger partial charge in [-0.05, 0) is 50.4 Å². The van der Waals surface area contributed by atoms with Crippen LogP contribution in [-0.4, -0.2) is 24.3 Å². The fraction of sp³-hybridized carbons (Fsp3) is 0.522. The van der Waals surface area contributed by atoms with Crippen LogP contribution in [0.5, 0.6) is 0 Å². The first-order valence-corrected chi connectivity index (χ1v) is 11.3. The minimum absolute atomic E-state index is 0.0168. The van der Waals surface area contributed by atoms with Gasteiger partial charge in [-0.1, -0.05) is 31.1 Å². The quantitative estimate of drug-likeness (QED) is 0.491. The number of ether oxygens (including phenoxy) is 1. The molecule has 1 amide bonds. The van der Waals surface area contributed by atoms with Crippen LogP contribution < -0.4 is 10.7 Å². The first-order chi connectivity index (χ1) is 14.3. The summed E-state index contributed by atoms with van der Waals surface area (Å²) in [5.74, 6) is 0.614. The number of hydrogen-bond donors (Lipinski definition) is 2. The predicted octanol–water partition coefficient (Wildman–Crippen LogP) is 4.96. The van der Waals surface area contributed by atoms with Crippen molar-refractivity contribution in [2.45, 2.75) is 51.9 Å². The monoisotopic (exact) mass is 431 g/mol. The summed E-state index contributed by atoms with van der Waals surface area (Å²) in [6.07, 6.45) is 9.48. The van der Waals surface area contributed by atoms with Gasteiger partial charge in [-0.3, -0.25) is 10.1 Å². The molecule has 7 heteroatoms. The minimum Gasteiger partial charge on any atom is -0.478 e. The second kappa shape index (κ2) is 9.60. The topological polar surface area (TPSA) is 92.7 Å². The lowest BCUT2D eigenvalue weighted by Gasteiger charge is -2.36. The zero-order chi connectivity index (χ0) is 21.8. The molecule has 2 aliphatic rings. The maximum atomic E-state index is 13.3. The predicted molar refractivity (Wildman–Crippen MR) is 118 cm³/mol. The summed E-state index contributed by atoms with van der Waals surface area (Å²) < 4.78 is 4.65. The SMILES string of the molecule is COC(=O)Nc1csc2c(c1=O)C(C=CCCC(C)=CC(=O)O)C1C(C)CCC1C2. The number of aliphatic carboxylic acids is 1. The number of carboxylic acids is 1. The van der Waals surface area contributed by atoms with Crippen LogP contribution in [0.2, 0.25) is 0 Å². The summed E-state index contributed by atoms with van der Waals surface area (Å²) in [5, 5.41) is 13.1. The van der Waals surface area contributed by atoms with E-state index in [2.05, 4.69) is 29.1 Å². The standard InChI is InChI=1S/C23H29NO5S/c1-13(10-19(25)26)6-4-5-7-16-20-14(2)8-9-15(20)11-18-21(16)22(27)17(12-30-18)24-23(28)29-3/h5,7,10,12,14-16,20H,4,6,8-9,11H2,1-3H3,(H,24,28)(H,25,26). The van der Waals surface area contributed by atoms with Crippen molar-refractivity contribution in [2.24, 2.45) is 17.8 Å². The van der Waals surface area contributed by atoms with E-state index in [-0.39, 0.29) is 17.0 Å². The highest BCUT2D eigenvalue weighted by atomic mass is 32.1. The lowest BCUT2D eigenvalue weighted by molar-refractivity contribution is -0.131. The number of allylic oxidation sites excluding steroid dienone is 3. The molecule has 0 aliphatic heterocycles. The summed E-state index contributed by atoms with van der Waals surface area (Å²) in [7, 11) is 1.28. The summed E-state index contributed by atoms with van der Waals surface area (Å²) in [6, 6.07) is 0. The van der Waals surface area contributed by atoms with E-state index >= 15 is 0 Å². The lowest BCUT2D eigenvalue weighted by Crippen LogP contribution is -2.33. The molecule has 2 aliphatic carbocycles. The van der Waals surface area contributed by atoms with Crippen LogP contribution in [0.15, 0.2) is 34.0 Å². The molecule has 1 aromatic rings. The molecule has 0 spiro atoms. The smallest absolute Gasteiger partial charge is 0.411 e. The Morgan fingerprint density at radius 2 is 2.13 bits per heavy atom. The third-order valence-corrected chi connectivity index (χ3v) is 7.36. The molecule has 1 aromatic heterocycles. The number of anilines is 1. The average molecular weight is 432 g/mol. The van der Waals surface area contributed by atoms with E-state index in [1.54, 1.807) is 5.38 Å². The Balaban J connectivity index is 1.91. The van der Waals surface area contributed by atoms with Crippen LogP contribution >= 0.6 is 11.3 Å². The fourth-order valence-corrected chi connectivity index (χ4v) is 6.06. The Kier molecular flexibility index (Phi) is 7.13. The maximum absolute atomic E-state index is 13.3. The van der Waals surface area contributed by atoms with Crippen LogP contribution in [0.4, 0.5) is 10.5 Å². The van der Waals surface area contributed by atoms with Gasteiger partial charge in [-0.15, -0.1) is 11.3 Å². The molecule has 0 aromatic carbocycles. The van der Waals surface area contributed by atoms with Gasteiger partial charge >= 0.3 is 12.1 Å². The Morgan fingerprint density at radius 3 is 2.83 bits per heavy atom. The molecular formula is C23H29NO5S. The van der Waals surface area contributed by atoms with Crippen molar-refractivity contribution in [1.29, 1.82) is 0 Å². The van der Waals surface area contributed by atoms with Crippen molar-refractivity contribution < 1.29 is 19.4 Å². The van der Waals surface area contributed by atoms with Crippen molar-refractivity contribution >= 4 is 29.1 Å². The Bertz CT molecular complexity index is 932. The highest BCUT2D eigenvalue weighted by Crippen LogP contribution is 2.51. The maximum Gasteiger partial charge on any atom is 0.411 e. The van der Waals surface area contributed by atoms with E-state index in [1.807, 2.05) is 6.92 Å². The van der Waals surface area contributed by atoms with Gasteiger partial charge in [0.05, 0.1) is 7.11 Å². The summed E-state index contributed by atoms with van der Waals surface area (Å²) in [5.41, 5.74) is 1.77. The van der Waals surface area contributed by atoms with Gasteiger partial charge in [-0.2, -0.15) is 0 Å².